The Morgan fingerprint density at radius 3 is 2.17 bits per heavy atom. The smallest absolute Gasteiger partial charge is 0.207 e. The third kappa shape index (κ3) is 4.25. The normalized spacial score (nSPS) is 13.0. The van der Waals surface area contributed by atoms with E-state index in [-0.39, 0.29) is 4.90 Å². The average Bonchev–Trinajstić information content (AvgIpc) is 2.25. The topological polar surface area (TPSA) is 37.4 Å². The first kappa shape index (κ1) is 15.5. The first-order valence-corrected chi connectivity index (χ1v) is 7.15. The molecule has 0 unspecified atom stereocenters. The van der Waals surface area contributed by atoms with E-state index in [0.717, 1.165) is 7.05 Å². The minimum atomic E-state index is -4.37. The van der Waals surface area contributed by atoms with Gasteiger partial charge in [-0.3, -0.25) is 0 Å². The van der Waals surface area contributed by atoms with Gasteiger partial charge in [0.15, 0.2) is 0 Å². The highest BCUT2D eigenvalue weighted by molar-refractivity contribution is 9.10. The van der Waals surface area contributed by atoms with E-state index in [1.165, 1.54) is 24.3 Å². The molecule has 0 radical (unpaired) electrons. The standard InChI is InChI=1S/C10H11BrF3NO2S/c1-15(7-6-10(12,13)14)18(16,17)9-4-2-8(11)3-5-9/h2-5H,6-7H2,1H3. The molecule has 1 rings (SSSR count). The fourth-order valence-corrected chi connectivity index (χ4v) is 2.63. The number of halogens is 4. The van der Waals surface area contributed by atoms with Crippen LogP contribution in [0.25, 0.3) is 0 Å². The molecule has 18 heavy (non-hydrogen) atoms. The molecular formula is C10H11BrF3NO2S. The molecule has 0 aromatic heterocycles. The Kier molecular flexibility index (Phi) is 4.79. The predicted molar refractivity (Wildman–Crippen MR) is 64.6 cm³/mol. The number of sulfonamides is 1. The average molecular weight is 346 g/mol. The molecule has 0 amide bonds. The number of alkyl halides is 3. The van der Waals surface area contributed by atoms with Crippen LogP contribution >= 0.6 is 15.9 Å². The molecular weight excluding hydrogens is 335 g/mol. The molecule has 0 bridgehead atoms. The minimum Gasteiger partial charge on any atom is -0.207 e. The Balaban J connectivity index is 2.83. The maximum atomic E-state index is 12.0. The summed E-state index contributed by atoms with van der Waals surface area (Å²) < 4.78 is 61.3. The van der Waals surface area contributed by atoms with Gasteiger partial charge in [-0.15, -0.1) is 0 Å². The van der Waals surface area contributed by atoms with Gasteiger partial charge in [-0.1, -0.05) is 15.9 Å². The lowest BCUT2D eigenvalue weighted by Crippen LogP contribution is -2.30. The summed E-state index contributed by atoms with van der Waals surface area (Å²) in [4.78, 5) is -0.0321. The molecule has 3 nitrogen and oxygen atoms in total. The van der Waals surface area contributed by atoms with Crippen LogP contribution in [0.15, 0.2) is 33.6 Å². The van der Waals surface area contributed by atoms with Crippen molar-refractivity contribution >= 4 is 26.0 Å². The van der Waals surface area contributed by atoms with Crippen LogP contribution in [0.2, 0.25) is 0 Å². The van der Waals surface area contributed by atoms with E-state index in [0.29, 0.717) is 8.78 Å². The monoisotopic (exact) mass is 345 g/mol. The minimum absolute atomic E-state index is 0.0321. The second kappa shape index (κ2) is 5.58. The zero-order valence-electron chi connectivity index (χ0n) is 9.41. The van der Waals surface area contributed by atoms with E-state index in [1.807, 2.05) is 0 Å². The first-order chi connectivity index (χ1) is 8.13. The predicted octanol–water partition coefficient (Wildman–Crippen LogP) is 3.02. The van der Waals surface area contributed by atoms with Gasteiger partial charge < -0.3 is 0 Å². The third-order valence-corrected chi connectivity index (χ3v) is 4.63. The van der Waals surface area contributed by atoms with Crippen LogP contribution in [0.5, 0.6) is 0 Å². The molecule has 0 aliphatic rings. The fraction of sp³-hybridized carbons (Fsp3) is 0.400. The van der Waals surface area contributed by atoms with Crippen molar-refractivity contribution in [3.8, 4) is 0 Å². The molecule has 0 aliphatic carbocycles. The molecule has 1 aromatic rings. The van der Waals surface area contributed by atoms with Crippen molar-refractivity contribution < 1.29 is 21.6 Å². The zero-order valence-corrected chi connectivity index (χ0v) is 11.8. The van der Waals surface area contributed by atoms with Crippen LogP contribution in [0.1, 0.15) is 6.42 Å². The van der Waals surface area contributed by atoms with E-state index in [1.54, 1.807) is 0 Å². The maximum absolute atomic E-state index is 12.0. The Morgan fingerprint density at radius 2 is 1.72 bits per heavy atom. The maximum Gasteiger partial charge on any atom is 0.390 e. The molecule has 0 atom stereocenters. The fourth-order valence-electron chi connectivity index (χ4n) is 1.19. The Hall–Kier alpha value is -0.600. The second-order valence-corrected chi connectivity index (χ2v) is 6.61. The largest absolute Gasteiger partial charge is 0.390 e. The summed E-state index contributed by atoms with van der Waals surface area (Å²) in [7, 11) is -2.74. The van der Waals surface area contributed by atoms with Crippen molar-refractivity contribution in [3.63, 3.8) is 0 Å². The van der Waals surface area contributed by atoms with Crippen molar-refractivity contribution in [2.75, 3.05) is 13.6 Å². The molecule has 0 N–H and O–H groups in total. The molecule has 1 aromatic carbocycles. The van der Waals surface area contributed by atoms with Crippen LogP contribution < -0.4 is 0 Å². The number of rotatable bonds is 4. The molecule has 0 saturated heterocycles. The molecule has 0 saturated carbocycles. The quantitative estimate of drug-likeness (QED) is 0.841. The van der Waals surface area contributed by atoms with E-state index in [4.69, 9.17) is 0 Å². The van der Waals surface area contributed by atoms with Crippen molar-refractivity contribution in [1.82, 2.24) is 4.31 Å². The van der Waals surface area contributed by atoms with Crippen LogP contribution in [-0.2, 0) is 10.0 Å². The van der Waals surface area contributed by atoms with E-state index in [2.05, 4.69) is 15.9 Å². The highest BCUT2D eigenvalue weighted by Gasteiger charge is 2.30. The summed E-state index contributed by atoms with van der Waals surface area (Å²) in [6, 6.07) is 5.71. The van der Waals surface area contributed by atoms with Gasteiger partial charge in [0.05, 0.1) is 11.3 Å². The summed E-state index contributed by atoms with van der Waals surface area (Å²) in [5.74, 6) is 0. The Labute approximate surface area is 112 Å². The van der Waals surface area contributed by atoms with Gasteiger partial charge >= 0.3 is 6.18 Å². The van der Waals surface area contributed by atoms with Gasteiger partial charge in [-0.25, -0.2) is 12.7 Å². The summed E-state index contributed by atoms with van der Waals surface area (Å²) >= 11 is 3.15. The second-order valence-electron chi connectivity index (χ2n) is 3.65. The molecule has 0 aliphatic heterocycles. The molecule has 0 heterocycles. The molecule has 8 heteroatoms. The molecule has 0 fully saturated rings. The summed E-state index contributed by atoms with van der Waals surface area (Å²) in [5.41, 5.74) is 0. The van der Waals surface area contributed by atoms with Gasteiger partial charge in [0.1, 0.15) is 0 Å². The Bertz CT molecular complexity index is 499. The van der Waals surface area contributed by atoms with Crippen molar-refractivity contribution in [1.29, 1.82) is 0 Å². The molecule has 0 spiro atoms. The summed E-state index contributed by atoms with van der Waals surface area (Å²) in [6.45, 7) is -0.595. The highest BCUT2D eigenvalue weighted by Crippen LogP contribution is 2.22. The number of hydrogen-bond acceptors (Lipinski definition) is 2. The zero-order chi connectivity index (χ0) is 14.0. The SMILES string of the molecule is CN(CCC(F)(F)F)S(=O)(=O)c1ccc(Br)cc1. The van der Waals surface area contributed by atoms with Gasteiger partial charge in [0.2, 0.25) is 10.0 Å². The summed E-state index contributed by atoms with van der Waals surface area (Å²) in [6.07, 6.45) is -5.54. The van der Waals surface area contributed by atoms with E-state index < -0.39 is 29.2 Å². The van der Waals surface area contributed by atoms with Crippen LogP contribution in [0.3, 0.4) is 0 Å². The summed E-state index contributed by atoms with van der Waals surface area (Å²) in [5, 5.41) is 0. The lowest BCUT2D eigenvalue weighted by atomic mass is 10.4. The van der Waals surface area contributed by atoms with E-state index >= 15 is 0 Å². The number of benzene rings is 1. The van der Waals surface area contributed by atoms with E-state index in [9.17, 15) is 21.6 Å². The van der Waals surface area contributed by atoms with Crippen LogP contribution in [-0.4, -0.2) is 32.5 Å². The number of hydrogen-bond donors (Lipinski definition) is 0. The van der Waals surface area contributed by atoms with Crippen LogP contribution in [0.4, 0.5) is 13.2 Å². The number of nitrogens with zero attached hydrogens (tertiary/aromatic N) is 1. The van der Waals surface area contributed by atoms with Crippen molar-refractivity contribution in [2.24, 2.45) is 0 Å². The lowest BCUT2D eigenvalue weighted by Gasteiger charge is -2.18. The van der Waals surface area contributed by atoms with Gasteiger partial charge in [-0.2, -0.15) is 13.2 Å². The third-order valence-electron chi connectivity index (χ3n) is 2.23. The van der Waals surface area contributed by atoms with Crippen molar-refractivity contribution in [2.45, 2.75) is 17.5 Å². The molecule has 102 valence electrons. The highest BCUT2D eigenvalue weighted by atomic mass is 79.9. The van der Waals surface area contributed by atoms with Gasteiger partial charge in [0.25, 0.3) is 0 Å². The van der Waals surface area contributed by atoms with Crippen molar-refractivity contribution in [3.05, 3.63) is 28.7 Å². The van der Waals surface area contributed by atoms with Gasteiger partial charge in [-0.05, 0) is 24.3 Å². The van der Waals surface area contributed by atoms with Gasteiger partial charge in [0, 0.05) is 18.1 Å². The van der Waals surface area contributed by atoms with Crippen LogP contribution in [0, 0.1) is 0 Å². The Morgan fingerprint density at radius 1 is 1.22 bits per heavy atom. The first-order valence-electron chi connectivity index (χ1n) is 4.91. The lowest BCUT2D eigenvalue weighted by molar-refractivity contribution is -0.135.